The molecule has 1 aromatic heterocycles. The SMILES string of the molecule is Cn1cc(CCC(=O)Nc2ccc(F)cc2-c2ccc(F)cc2)cn1. The van der Waals surface area contributed by atoms with E-state index in [1.54, 1.807) is 23.0 Å². The Labute approximate surface area is 144 Å². The molecule has 1 N–H and O–H groups in total. The summed E-state index contributed by atoms with van der Waals surface area (Å²) in [7, 11) is 1.82. The lowest BCUT2D eigenvalue weighted by atomic mass is 10.0. The largest absolute Gasteiger partial charge is 0.326 e. The number of hydrogen-bond acceptors (Lipinski definition) is 2. The molecule has 0 saturated carbocycles. The summed E-state index contributed by atoms with van der Waals surface area (Å²) in [6.45, 7) is 0. The summed E-state index contributed by atoms with van der Waals surface area (Å²) < 4.78 is 28.4. The number of hydrogen-bond donors (Lipinski definition) is 1. The molecule has 3 aromatic rings. The molecule has 0 aliphatic rings. The predicted octanol–water partition coefficient (Wildman–Crippen LogP) is 3.94. The van der Waals surface area contributed by atoms with Crippen molar-refractivity contribution in [2.45, 2.75) is 12.8 Å². The second-order valence-electron chi connectivity index (χ2n) is 5.77. The standard InChI is InChI=1S/C19H17F2N3O/c1-24-12-13(11-22-24)2-9-19(25)23-18-8-7-16(21)10-17(18)14-3-5-15(20)6-4-14/h3-8,10-12H,2,9H2,1H3,(H,23,25). The van der Waals surface area contributed by atoms with E-state index in [0.717, 1.165) is 5.56 Å². The Bertz CT molecular complexity index is 888. The number of anilines is 1. The predicted molar refractivity (Wildman–Crippen MR) is 92.0 cm³/mol. The van der Waals surface area contributed by atoms with Crippen LogP contribution in [0.3, 0.4) is 0 Å². The van der Waals surface area contributed by atoms with Crippen LogP contribution in [0.25, 0.3) is 11.1 Å². The summed E-state index contributed by atoms with van der Waals surface area (Å²) in [5, 5.41) is 6.86. The molecule has 3 rings (SSSR count). The fourth-order valence-electron chi connectivity index (χ4n) is 2.57. The second kappa shape index (κ2) is 7.25. The Morgan fingerprint density at radius 1 is 1.12 bits per heavy atom. The molecule has 4 nitrogen and oxygen atoms in total. The van der Waals surface area contributed by atoms with Gasteiger partial charge in [-0.3, -0.25) is 9.48 Å². The van der Waals surface area contributed by atoms with Crippen LogP contribution in [0.15, 0.2) is 54.9 Å². The van der Waals surface area contributed by atoms with E-state index >= 15 is 0 Å². The van der Waals surface area contributed by atoms with E-state index in [0.29, 0.717) is 23.2 Å². The smallest absolute Gasteiger partial charge is 0.224 e. The minimum atomic E-state index is -0.423. The van der Waals surface area contributed by atoms with Crippen LogP contribution in [0.1, 0.15) is 12.0 Å². The van der Waals surface area contributed by atoms with Gasteiger partial charge in [-0.25, -0.2) is 8.78 Å². The third-order valence-electron chi connectivity index (χ3n) is 3.81. The zero-order chi connectivity index (χ0) is 17.8. The van der Waals surface area contributed by atoms with Gasteiger partial charge in [0.2, 0.25) is 5.91 Å². The van der Waals surface area contributed by atoms with Crippen molar-refractivity contribution < 1.29 is 13.6 Å². The molecule has 25 heavy (non-hydrogen) atoms. The first kappa shape index (κ1) is 16.8. The lowest BCUT2D eigenvalue weighted by Gasteiger charge is -2.12. The Balaban J connectivity index is 1.75. The Morgan fingerprint density at radius 3 is 2.52 bits per heavy atom. The van der Waals surface area contributed by atoms with Crippen molar-refractivity contribution in [1.82, 2.24) is 9.78 Å². The number of benzene rings is 2. The number of nitrogens with one attached hydrogen (secondary N) is 1. The fraction of sp³-hybridized carbons (Fsp3) is 0.158. The zero-order valence-corrected chi connectivity index (χ0v) is 13.7. The molecule has 0 saturated heterocycles. The van der Waals surface area contributed by atoms with Crippen molar-refractivity contribution in [1.29, 1.82) is 0 Å². The molecule has 0 unspecified atom stereocenters. The average Bonchev–Trinajstić information content (AvgIpc) is 3.01. The van der Waals surface area contributed by atoms with Gasteiger partial charge >= 0.3 is 0 Å². The lowest BCUT2D eigenvalue weighted by Crippen LogP contribution is -2.13. The number of carbonyl (C=O) groups is 1. The normalized spacial score (nSPS) is 10.7. The van der Waals surface area contributed by atoms with Gasteiger partial charge in [0, 0.05) is 30.9 Å². The van der Waals surface area contributed by atoms with Gasteiger partial charge in [0.05, 0.1) is 6.20 Å². The van der Waals surface area contributed by atoms with E-state index in [1.165, 1.54) is 30.3 Å². The molecule has 2 aromatic carbocycles. The van der Waals surface area contributed by atoms with Crippen molar-refractivity contribution in [3.63, 3.8) is 0 Å². The van der Waals surface area contributed by atoms with Gasteiger partial charge in [-0.05, 0) is 47.9 Å². The Morgan fingerprint density at radius 2 is 1.84 bits per heavy atom. The van der Waals surface area contributed by atoms with Gasteiger partial charge in [0.1, 0.15) is 11.6 Å². The highest BCUT2D eigenvalue weighted by Gasteiger charge is 2.11. The number of halogens is 2. The molecule has 1 amide bonds. The molecule has 0 spiro atoms. The first-order chi connectivity index (χ1) is 12.0. The monoisotopic (exact) mass is 341 g/mol. The fourth-order valence-corrected chi connectivity index (χ4v) is 2.57. The summed E-state index contributed by atoms with van der Waals surface area (Å²) in [5.74, 6) is -0.978. The summed E-state index contributed by atoms with van der Waals surface area (Å²) in [6, 6.07) is 9.82. The van der Waals surface area contributed by atoms with E-state index in [-0.39, 0.29) is 18.1 Å². The van der Waals surface area contributed by atoms with Gasteiger partial charge in [0.15, 0.2) is 0 Å². The topological polar surface area (TPSA) is 46.9 Å². The molecule has 0 aliphatic heterocycles. The molecule has 0 aliphatic carbocycles. The minimum absolute atomic E-state index is 0.182. The van der Waals surface area contributed by atoms with Crippen molar-refractivity contribution in [2.75, 3.05) is 5.32 Å². The van der Waals surface area contributed by atoms with Crippen molar-refractivity contribution in [2.24, 2.45) is 7.05 Å². The first-order valence-corrected chi connectivity index (χ1v) is 7.84. The quantitative estimate of drug-likeness (QED) is 0.764. The highest BCUT2D eigenvalue weighted by atomic mass is 19.1. The van der Waals surface area contributed by atoms with E-state index in [2.05, 4.69) is 10.4 Å². The maximum Gasteiger partial charge on any atom is 0.224 e. The van der Waals surface area contributed by atoms with Crippen LogP contribution in [0, 0.1) is 11.6 Å². The second-order valence-corrected chi connectivity index (χ2v) is 5.77. The Hall–Kier alpha value is -3.02. The highest BCUT2D eigenvalue weighted by Crippen LogP contribution is 2.29. The average molecular weight is 341 g/mol. The molecule has 0 fully saturated rings. The summed E-state index contributed by atoms with van der Waals surface area (Å²) in [4.78, 5) is 12.2. The maximum atomic E-state index is 13.6. The maximum absolute atomic E-state index is 13.6. The number of amides is 1. The summed E-state index contributed by atoms with van der Waals surface area (Å²) in [6.07, 6.45) is 4.42. The molecule has 0 radical (unpaired) electrons. The van der Waals surface area contributed by atoms with E-state index < -0.39 is 5.82 Å². The number of carbonyl (C=O) groups excluding carboxylic acids is 1. The lowest BCUT2D eigenvalue weighted by molar-refractivity contribution is -0.116. The first-order valence-electron chi connectivity index (χ1n) is 7.84. The molecule has 0 bridgehead atoms. The Kier molecular flexibility index (Phi) is 4.88. The molecular formula is C19H17F2N3O. The van der Waals surface area contributed by atoms with Gasteiger partial charge < -0.3 is 5.32 Å². The van der Waals surface area contributed by atoms with Crippen LogP contribution in [0.2, 0.25) is 0 Å². The molecule has 128 valence electrons. The molecular weight excluding hydrogens is 324 g/mol. The van der Waals surface area contributed by atoms with Gasteiger partial charge in [-0.15, -0.1) is 0 Å². The van der Waals surface area contributed by atoms with Crippen LogP contribution in [-0.2, 0) is 18.3 Å². The van der Waals surface area contributed by atoms with Crippen molar-refractivity contribution in [3.8, 4) is 11.1 Å². The van der Waals surface area contributed by atoms with Crippen LogP contribution in [0.4, 0.5) is 14.5 Å². The summed E-state index contributed by atoms with van der Waals surface area (Å²) >= 11 is 0. The summed E-state index contributed by atoms with van der Waals surface area (Å²) in [5.41, 5.74) is 2.60. The van der Waals surface area contributed by atoms with Gasteiger partial charge in [-0.2, -0.15) is 5.10 Å². The third kappa shape index (κ3) is 4.29. The highest BCUT2D eigenvalue weighted by molar-refractivity contribution is 5.95. The van der Waals surface area contributed by atoms with Gasteiger partial charge in [-0.1, -0.05) is 12.1 Å². The number of rotatable bonds is 5. The number of aromatic nitrogens is 2. The van der Waals surface area contributed by atoms with Crippen LogP contribution >= 0.6 is 0 Å². The number of aryl methyl sites for hydroxylation is 2. The van der Waals surface area contributed by atoms with Crippen LogP contribution in [0.5, 0.6) is 0 Å². The van der Waals surface area contributed by atoms with E-state index in [1.807, 2.05) is 13.2 Å². The molecule has 6 heteroatoms. The van der Waals surface area contributed by atoms with E-state index in [9.17, 15) is 13.6 Å². The van der Waals surface area contributed by atoms with E-state index in [4.69, 9.17) is 0 Å². The van der Waals surface area contributed by atoms with Gasteiger partial charge in [0.25, 0.3) is 0 Å². The third-order valence-corrected chi connectivity index (χ3v) is 3.81. The molecule has 1 heterocycles. The zero-order valence-electron chi connectivity index (χ0n) is 13.7. The van der Waals surface area contributed by atoms with Crippen molar-refractivity contribution in [3.05, 3.63) is 72.1 Å². The van der Waals surface area contributed by atoms with Crippen LogP contribution < -0.4 is 5.32 Å². The minimum Gasteiger partial charge on any atom is -0.326 e. The molecule has 0 atom stereocenters. The van der Waals surface area contributed by atoms with Crippen LogP contribution in [-0.4, -0.2) is 15.7 Å². The number of nitrogens with zero attached hydrogens (tertiary/aromatic N) is 2. The van der Waals surface area contributed by atoms with Crippen molar-refractivity contribution >= 4 is 11.6 Å².